The average molecular weight is 352 g/mol. The molecule has 2 aliphatic rings. The summed E-state index contributed by atoms with van der Waals surface area (Å²) in [5, 5.41) is 0.515. The second kappa shape index (κ2) is 5.29. The molecule has 2 unspecified atom stereocenters. The van der Waals surface area contributed by atoms with Gasteiger partial charge in [-0.25, -0.2) is 12.8 Å². The first kappa shape index (κ1) is 15.6. The van der Waals surface area contributed by atoms with E-state index in [0.717, 1.165) is 0 Å². The van der Waals surface area contributed by atoms with Crippen LogP contribution in [0.2, 0.25) is 0 Å². The number of halogens is 1. The molecule has 1 aromatic carbocycles. The minimum absolute atomic E-state index is 0.0526. The lowest BCUT2D eigenvalue weighted by Crippen LogP contribution is -2.53. The van der Waals surface area contributed by atoms with Crippen LogP contribution in [-0.2, 0) is 14.6 Å². The van der Waals surface area contributed by atoms with Crippen LogP contribution >= 0.6 is 0 Å². The van der Waals surface area contributed by atoms with E-state index in [4.69, 9.17) is 4.74 Å². The van der Waals surface area contributed by atoms with Crippen LogP contribution in [0.15, 0.2) is 18.2 Å². The fraction of sp³-hybridized carbons (Fsp3) is 0.438. The van der Waals surface area contributed by atoms with Gasteiger partial charge < -0.3 is 14.6 Å². The Hall–Kier alpha value is -1.93. The molecule has 2 fully saturated rings. The molecule has 2 atom stereocenters. The van der Waals surface area contributed by atoms with Crippen molar-refractivity contribution in [3.63, 3.8) is 0 Å². The standard InChI is InChI=1S/C16H17FN2O4S/c1-9-15(11-6-10(17)2-3-12(11)18-9)16(20)19-4-5-23-14-8-24(21,22)7-13(14)19/h2-3,6,13-14,18H,4-5,7-8H2,1H3. The van der Waals surface area contributed by atoms with Gasteiger partial charge in [-0.2, -0.15) is 0 Å². The van der Waals surface area contributed by atoms with Gasteiger partial charge in [-0.3, -0.25) is 4.79 Å². The number of H-pyrrole nitrogens is 1. The van der Waals surface area contributed by atoms with Crippen molar-refractivity contribution in [2.24, 2.45) is 0 Å². The number of nitrogens with zero attached hydrogens (tertiary/aromatic N) is 1. The maximum atomic E-state index is 13.6. The highest BCUT2D eigenvalue weighted by molar-refractivity contribution is 7.91. The molecule has 24 heavy (non-hydrogen) atoms. The Morgan fingerprint density at radius 2 is 2.17 bits per heavy atom. The maximum absolute atomic E-state index is 13.6. The van der Waals surface area contributed by atoms with Crippen LogP contribution in [0.4, 0.5) is 4.39 Å². The molecule has 1 N–H and O–H groups in total. The molecule has 1 aromatic heterocycles. The number of carbonyl (C=O) groups is 1. The van der Waals surface area contributed by atoms with Crippen LogP contribution in [0.1, 0.15) is 16.1 Å². The van der Waals surface area contributed by atoms with Crippen molar-refractivity contribution in [3.05, 3.63) is 35.3 Å². The summed E-state index contributed by atoms with van der Waals surface area (Å²) in [5.41, 5.74) is 1.72. The monoisotopic (exact) mass is 352 g/mol. The highest BCUT2D eigenvalue weighted by Gasteiger charge is 2.46. The number of amides is 1. The zero-order valence-electron chi connectivity index (χ0n) is 13.1. The van der Waals surface area contributed by atoms with Crippen molar-refractivity contribution in [1.29, 1.82) is 0 Å². The molecule has 6 nitrogen and oxygen atoms in total. The smallest absolute Gasteiger partial charge is 0.256 e. The van der Waals surface area contributed by atoms with Gasteiger partial charge in [0.05, 0.1) is 35.8 Å². The van der Waals surface area contributed by atoms with Crippen molar-refractivity contribution in [2.75, 3.05) is 24.7 Å². The summed E-state index contributed by atoms with van der Waals surface area (Å²) in [5.74, 6) is -0.833. The van der Waals surface area contributed by atoms with Gasteiger partial charge in [0.15, 0.2) is 9.84 Å². The summed E-state index contributed by atoms with van der Waals surface area (Å²) < 4.78 is 42.9. The van der Waals surface area contributed by atoms with E-state index in [1.54, 1.807) is 17.9 Å². The van der Waals surface area contributed by atoms with E-state index in [0.29, 0.717) is 35.3 Å². The molecule has 0 spiro atoms. The Kier molecular flexibility index (Phi) is 3.43. The van der Waals surface area contributed by atoms with Crippen LogP contribution in [0.25, 0.3) is 10.9 Å². The van der Waals surface area contributed by atoms with E-state index in [-0.39, 0.29) is 17.4 Å². The fourth-order valence-corrected chi connectivity index (χ4v) is 5.56. The van der Waals surface area contributed by atoms with E-state index in [2.05, 4.69) is 4.98 Å². The van der Waals surface area contributed by atoms with Gasteiger partial charge >= 0.3 is 0 Å². The predicted octanol–water partition coefficient (Wildman–Crippen LogP) is 1.25. The highest BCUT2D eigenvalue weighted by Crippen LogP contribution is 2.29. The normalized spacial score (nSPS) is 25.8. The second-order valence-corrected chi connectivity index (χ2v) is 8.52. The van der Waals surface area contributed by atoms with Gasteiger partial charge in [0.25, 0.3) is 5.91 Å². The molecule has 2 aliphatic heterocycles. The number of aromatic amines is 1. The first-order valence-corrected chi connectivity index (χ1v) is 9.59. The first-order chi connectivity index (χ1) is 11.4. The lowest BCUT2D eigenvalue weighted by atomic mass is 10.1. The van der Waals surface area contributed by atoms with E-state index in [1.807, 2.05) is 0 Å². The number of aromatic nitrogens is 1. The number of sulfone groups is 1. The molecule has 128 valence electrons. The van der Waals surface area contributed by atoms with Crippen LogP contribution in [0, 0.1) is 12.7 Å². The Morgan fingerprint density at radius 3 is 2.96 bits per heavy atom. The number of carbonyl (C=O) groups excluding carboxylic acids is 1. The molecular weight excluding hydrogens is 335 g/mol. The second-order valence-electron chi connectivity index (χ2n) is 6.37. The molecule has 8 heteroatoms. The molecule has 2 aromatic rings. The SMILES string of the molecule is Cc1[nH]c2ccc(F)cc2c1C(=O)N1CCOC2CS(=O)(=O)CC21. The minimum Gasteiger partial charge on any atom is -0.373 e. The molecule has 4 rings (SSSR count). The number of ether oxygens (including phenoxy) is 1. The summed E-state index contributed by atoms with van der Waals surface area (Å²) in [7, 11) is -3.21. The van der Waals surface area contributed by atoms with Crippen molar-refractivity contribution in [2.45, 2.75) is 19.1 Å². The summed E-state index contributed by atoms with van der Waals surface area (Å²) in [6.45, 7) is 2.39. The number of rotatable bonds is 1. The summed E-state index contributed by atoms with van der Waals surface area (Å²) in [4.78, 5) is 17.7. The van der Waals surface area contributed by atoms with Gasteiger partial charge in [0.1, 0.15) is 5.82 Å². The number of nitrogens with one attached hydrogen (secondary N) is 1. The molecule has 2 saturated heterocycles. The van der Waals surface area contributed by atoms with Crippen LogP contribution in [0.3, 0.4) is 0 Å². The van der Waals surface area contributed by atoms with Gasteiger partial charge in [0.2, 0.25) is 0 Å². The van der Waals surface area contributed by atoms with Gasteiger partial charge in [-0.1, -0.05) is 0 Å². The minimum atomic E-state index is -3.21. The Bertz CT molecular complexity index is 937. The van der Waals surface area contributed by atoms with Crippen molar-refractivity contribution in [3.8, 4) is 0 Å². The van der Waals surface area contributed by atoms with Crippen molar-refractivity contribution < 1.29 is 22.3 Å². The molecule has 0 bridgehead atoms. The fourth-order valence-electron chi connectivity index (χ4n) is 3.69. The number of aryl methyl sites for hydroxylation is 1. The summed E-state index contributed by atoms with van der Waals surface area (Å²) in [6.07, 6.45) is -0.477. The van der Waals surface area contributed by atoms with Gasteiger partial charge in [0, 0.05) is 23.1 Å². The lowest BCUT2D eigenvalue weighted by Gasteiger charge is -2.36. The third kappa shape index (κ3) is 2.41. The maximum Gasteiger partial charge on any atom is 0.256 e. The molecule has 3 heterocycles. The quantitative estimate of drug-likeness (QED) is 0.838. The van der Waals surface area contributed by atoms with Crippen LogP contribution in [-0.4, -0.2) is 61.0 Å². The van der Waals surface area contributed by atoms with Gasteiger partial charge in [-0.05, 0) is 25.1 Å². The van der Waals surface area contributed by atoms with E-state index < -0.39 is 27.8 Å². The van der Waals surface area contributed by atoms with E-state index in [1.165, 1.54) is 12.1 Å². The number of hydrogen-bond acceptors (Lipinski definition) is 4. The zero-order valence-corrected chi connectivity index (χ0v) is 13.9. The van der Waals surface area contributed by atoms with Crippen LogP contribution < -0.4 is 0 Å². The topological polar surface area (TPSA) is 79.5 Å². The molecule has 1 amide bonds. The zero-order chi connectivity index (χ0) is 17.1. The molecule has 0 saturated carbocycles. The van der Waals surface area contributed by atoms with Crippen molar-refractivity contribution in [1.82, 2.24) is 9.88 Å². The van der Waals surface area contributed by atoms with E-state index in [9.17, 15) is 17.6 Å². The molecule has 0 aliphatic carbocycles. The van der Waals surface area contributed by atoms with E-state index >= 15 is 0 Å². The van der Waals surface area contributed by atoms with Gasteiger partial charge in [-0.15, -0.1) is 0 Å². The number of benzene rings is 1. The first-order valence-electron chi connectivity index (χ1n) is 7.76. The predicted molar refractivity (Wildman–Crippen MR) is 86.2 cm³/mol. The summed E-state index contributed by atoms with van der Waals surface area (Å²) in [6, 6.07) is 3.78. The summed E-state index contributed by atoms with van der Waals surface area (Å²) >= 11 is 0. The average Bonchev–Trinajstić information content (AvgIpc) is 2.99. The third-order valence-electron chi connectivity index (χ3n) is 4.76. The largest absolute Gasteiger partial charge is 0.373 e. The Morgan fingerprint density at radius 1 is 1.38 bits per heavy atom. The molecular formula is C16H17FN2O4S. The molecule has 0 radical (unpaired) electrons. The van der Waals surface area contributed by atoms with Crippen LogP contribution in [0.5, 0.6) is 0 Å². The number of hydrogen-bond donors (Lipinski definition) is 1. The Labute approximate surface area is 138 Å². The number of fused-ring (bicyclic) bond motifs is 2. The number of morpholine rings is 1. The third-order valence-corrected chi connectivity index (χ3v) is 6.45. The highest BCUT2D eigenvalue weighted by atomic mass is 32.2. The lowest BCUT2D eigenvalue weighted by molar-refractivity contribution is -0.0360. The Balaban J connectivity index is 1.76. The van der Waals surface area contributed by atoms with Crippen molar-refractivity contribution >= 4 is 26.6 Å².